The fourth-order valence-electron chi connectivity index (χ4n) is 0.224. The van der Waals surface area contributed by atoms with E-state index in [1.165, 1.54) is 12.3 Å². The van der Waals surface area contributed by atoms with Crippen molar-refractivity contribution in [3.63, 3.8) is 0 Å². The van der Waals surface area contributed by atoms with Gasteiger partial charge in [-0.3, -0.25) is 0 Å². The van der Waals surface area contributed by atoms with E-state index in [2.05, 4.69) is 27.2 Å². The summed E-state index contributed by atoms with van der Waals surface area (Å²) in [5.41, 5.74) is 0. The molecule has 2 heteroatoms. The van der Waals surface area contributed by atoms with E-state index >= 15 is 0 Å². The highest BCUT2D eigenvalue weighted by Crippen LogP contribution is 2.49. The average Bonchev–Trinajstić information content (AvgIpc) is 1.68. The van der Waals surface area contributed by atoms with E-state index in [1.54, 1.807) is 0 Å². The molecule has 0 radical (unpaired) electrons. The van der Waals surface area contributed by atoms with Gasteiger partial charge in [0.05, 0.1) is 12.3 Å². The molecule has 0 aliphatic heterocycles. The summed E-state index contributed by atoms with van der Waals surface area (Å²) >= 11 is 0. The predicted octanol–water partition coefficient (Wildman–Crippen LogP) is 2.13. The Morgan fingerprint density at radius 1 is 1.00 bits per heavy atom. The molecule has 0 bridgehead atoms. The van der Waals surface area contributed by atoms with Gasteiger partial charge in [-0.05, 0) is 13.8 Å². The lowest BCUT2D eigenvalue weighted by atomic mass is 11.0. The first-order chi connectivity index (χ1) is 3.12. The number of hydrogen-bond acceptors (Lipinski definition) is 1. The number of rotatable bonds is 2. The van der Waals surface area contributed by atoms with Gasteiger partial charge < -0.3 is 5.48 Å². The van der Waals surface area contributed by atoms with Crippen LogP contribution in [0.3, 0.4) is 0 Å². The number of hydrogen-bond donors (Lipinski definition) is 0. The topological polar surface area (TPSA) is 30.0 Å². The molecule has 0 aliphatic rings. The van der Waals surface area contributed by atoms with Gasteiger partial charge in [-0.1, -0.05) is 0 Å². The molecule has 52 valence electrons. The lowest BCUT2D eigenvalue weighted by Crippen LogP contribution is -1.92. The van der Waals surface area contributed by atoms with Crippen molar-refractivity contribution >= 4 is 7.26 Å². The van der Waals surface area contributed by atoms with Crippen LogP contribution in [0.1, 0.15) is 13.8 Å². The van der Waals surface area contributed by atoms with E-state index in [9.17, 15) is 0 Å². The van der Waals surface area contributed by atoms with Crippen molar-refractivity contribution in [2.75, 3.05) is 25.7 Å². The van der Waals surface area contributed by atoms with Gasteiger partial charge in [0.1, 0.15) is 0 Å². The van der Waals surface area contributed by atoms with Crippen molar-refractivity contribution in [1.82, 2.24) is 0 Å². The summed E-state index contributed by atoms with van der Waals surface area (Å²) in [6.45, 7) is 9.40. The summed E-state index contributed by atoms with van der Waals surface area (Å²) in [6, 6.07) is 0. The standard InChI is InChI=1S/C6H16P.H2O/c1-5-7(3,4)6-2;/h5-6H2,1-4H3;1H2/q+1;/p-1. The Bertz CT molecular complexity index is 46.5. The summed E-state index contributed by atoms with van der Waals surface area (Å²) < 4.78 is 0. The highest BCUT2D eigenvalue weighted by molar-refractivity contribution is 7.74. The molecule has 0 heterocycles. The molecule has 0 saturated carbocycles. The minimum absolute atomic E-state index is 0. The van der Waals surface area contributed by atoms with Gasteiger partial charge >= 0.3 is 0 Å². The molecular weight excluding hydrogens is 119 g/mol. The summed E-state index contributed by atoms with van der Waals surface area (Å²) in [5.74, 6) is 0. The second-order valence-corrected chi connectivity index (χ2v) is 7.70. The van der Waals surface area contributed by atoms with Crippen LogP contribution < -0.4 is 0 Å². The Morgan fingerprint density at radius 3 is 1.25 bits per heavy atom. The van der Waals surface area contributed by atoms with Crippen molar-refractivity contribution in [1.29, 1.82) is 0 Å². The van der Waals surface area contributed by atoms with E-state index in [1.807, 2.05) is 0 Å². The third-order valence-corrected chi connectivity index (χ3v) is 5.14. The second kappa shape index (κ2) is 4.29. The van der Waals surface area contributed by atoms with Crippen LogP contribution in [-0.4, -0.2) is 31.1 Å². The van der Waals surface area contributed by atoms with Crippen LogP contribution in [0.5, 0.6) is 0 Å². The maximum Gasteiger partial charge on any atom is 0.0560 e. The first-order valence-electron chi connectivity index (χ1n) is 2.94. The zero-order valence-electron chi connectivity index (χ0n) is 6.31. The van der Waals surface area contributed by atoms with Crippen LogP contribution >= 0.6 is 7.26 Å². The largest absolute Gasteiger partial charge is 0.870 e. The van der Waals surface area contributed by atoms with Crippen molar-refractivity contribution in [2.24, 2.45) is 0 Å². The Morgan fingerprint density at radius 2 is 1.25 bits per heavy atom. The molecule has 1 N–H and O–H groups in total. The summed E-state index contributed by atoms with van der Waals surface area (Å²) in [6.07, 6.45) is 2.81. The van der Waals surface area contributed by atoms with E-state index in [4.69, 9.17) is 0 Å². The molecule has 0 rings (SSSR count). The van der Waals surface area contributed by atoms with Gasteiger partial charge in [0.2, 0.25) is 0 Å². The molecule has 1 nitrogen and oxygen atoms in total. The molecule has 0 unspecified atom stereocenters. The molecule has 0 atom stereocenters. The summed E-state index contributed by atoms with van der Waals surface area (Å²) in [7, 11) is -0.404. The van der Waals surface area contributed by atoms with Gasteiger partial charge in [-0.25, -0.2) is 0 Å². The Balaban J connectivity index is 0. The van der Waals surface area contributed by atoms with Crippen LogP contribution in [0.4, 0.5) is 0 Å². The quantitative estimate of drug-likeness (QED) is 0.535. The molecular formula is C6H17OP. The first kappa shape index (κ1) is 11.2. The van der Waals surface area contributed by atoms with Crippen molar-refractivity contribution < 1.29 is 5.48 Å². The summed E-state index contributed by atoms with van der Waals surface area (Å²) in [5, 5.41) is 0. The Labute approximate surface area is 53.1 Å². The third kappa shape index (κ3) is 4.55. The molecule has 0 saturated heterocycles. The Kier molecular flexibility index (Phi) is 6.01. The van der Waals surface area contributed by atoms with Crippen LogP contribution in [0.2, 0.25) is 0 Å². The highest BCUT2D eigenvalue weighted by Gasteiger charge is 2.17. The third-order valence-electron chi connectivity index (χ3n) is 1.71. The van der Waals surface area contributed by atoms with E-state index in [0.717, 1.165) is 0 Å². The van der Waals surface area contributed by atoms with Crippen LogP contribution in [0.15, 0.2) is 0 Å². The maximum absolute atomic E-state index is 2.41. The normalized spacial score (nSPS) is 10.5. The fourth-order valence-corrected chi connectivity index (χ4v) is 0.671. The van der Waals surface area contributed by atoms with Crippen LogP contribution in [0, 0.1) is 0 Å². The van der Waals surface area contributed by atoms with Gasteiger partial charge in [0.25, 0.3) is 0 Å². The lowest BCUT2D eigenvalue weighted by molar-refractivity contribution is 0.824. The van der Waals surface area contributed by atoms with Gasteiger partial charge in [-0.2, -0.15) is 0 Å². The van der Waals surface area contributed by atoms with Gasteiger partial charge in [0, 0.05) is 20.6 Å². The average molecular weight is 136 g/mol. The van der Waals surface area contributed by atoms with Gasteiger partial charge in [-0.15, -0.1) is 0 Å². The minimum Gasteiger partial charge on any atom is -0.870 e. The van der Waals surface area contributed by atoms with Gasteiger partial charge in [0.15, 0.2) is 0 Å². The fraction of sp³-hybridized carbons (Fsp3) is 1.00. The van der Waals surface area contributed by atoms with Crippen LogP contribution in [0.25, 0.3) is 0 Å². The van der Waals surface area contributed by atoms with E-state index in [0.29, 0.717) is 0 Å². The van der Waals surface area contributed by atoms with E-state index < -0.39 is 7.26 Å². The molecule has 0 aromatic heterocycles. The molecule has 0 spiro atoms. The zero-order valence-corrected chi connectivity index (χ0v) is 7.20. The molecule has 8 heavy (non-hydrogen) atoms. The molecule has 0 amide bonds. The van der Waals surface area contributed by atoms with Crippen molar-refractivity contribution in [2.45, 2.75) is 13.8 Å². The lowest BCUT2D eigenvalue weighted by Gasteiger charge is -2.11. The smallest absolute Gasteiger partial charge is 0.0560 e. The first-order valence-corrected chi connectivity index (χ1v) is 5.99. The zero-order chi connectivity index (χ0) is 5.91. The summed E-state index contributed by atoms with van der Waals surface area (Å²) in [4.78, 5) is 0. The van der Waals surface area contributed by atoms with Crippen molar-refractivity contribution in [3.8, 4) is 0 Å². The predicted molar refractivity (Wildman–Crippen MR) is 41.8 cm³/mol. The molecule has 0 aromatic rings. The van der Waals surface area contributed by atoms with E-state index in [-0.39, 0.29) is 5.48 Å². The van der Waals surface area contributed by atoms with Crippen molar-refractivity contribution in [3.05, 3.63) is 0 Å². The monoisotopic (exact) mass is 136 g/mol. The van der Waals surface area contributed by atoms with Crippen LogP contribution in [-0.2, 0) is 0 Å². The molecule has 0 aliphatic carbocycles. The highest BCUT2D eigenvalue weighted by atomic mass is 31.2. The SMILES string of the molecule is CC[P+](C)(C)CC.[OH-]. The maximum atomic E-state index is 2.41. The molecule has 0 fully saturated rings. The molecule has 0 aromatic carbocycles. The minimum atomic E-state index is -0.404. The second-order valence-electron chi connectivity index (χ2n) is 2.57. The Hall–Kier alpha value is 0.390.